The quantitative estimate of drug-likeness (QED) is 0.743. The summed E-state index contributed by atoms with van der Waals surface area (Å²) >= 11 is 0. The molecule has 0 bridgehead atoms. The Labute approximate surface area is 98.7 Å². The summed E-state index contributed by atoms with van der Waals surface area (Å²) in [4.78, 5) is 4.15. The van der Waals surface area contributed by atoms with Gasteiger partial charge in [-0.2, -0.15) is 0 Å². The number of aromatic nitrogens is 1. The van der Waals surface area contributed by atoms with Gasteiger partial charge >= 0.3 is 0 Å². The number of pyridine rings is 1. The van der Waals surface area contributed by atoms with Crippen LogP contribution < -0.4 is 10.6 Å². The van der Waals surface area contributed by atoms with Crippen LogP contribution in [0.4, 0.5) is 5.69 Å². The zero-order chi connectivity index (χ0) is 11.8. The van der Waals surface area contributed by atoms with Crippen molar-refractivity contribution in [3.05, 3.63) is 24.0 Å². The van der Waals surface area contributed by atoms with Crippen LogP contribution in [0.5, 0.6) is 0 Å². The van der Waals surface area contributed by atoms with Crippen molar-refractivity contribution in [3.8, 4) is 0 Å². The van der Waals surface area contributed by atoms with E-state index in [0.717, 1.165) is 19.0 Å². The molecule has 1 rings (SSSR count). The van der Waals surface area contributed by atoms with Crippen molar-refractivity contribution in [1.29, 1.82) is 0 Å². The molecule has 0 unspecified atom stereocenters. The zero-order valence-corrected chi connectivity index (χ0v) is 10.6. The second kappa shape index (κ2) is 7.23. The Bertz CT molecular complexity index is 295. The molecule has 0 aliphatic heterocycles. The van der Waals surface area contributed by atoms with Crippen molar-refractivity contribution in [1.82, 2.24) is 10.3 Å². The molecule has 0 saturated carbocycles. The van der Waals surface area contributed by atoms with Gasteiger partial charge in [0.2, 0.25) is 0 Å². The van der Waals surface area contributed by atoms with E-state index in [4.69, 9.17) is 0 Å². The Morgan fingerprint density at radius 3 is 2.69 bits per heavy atom. The van der Waals surface area contributed by atoms with Crippen LogP contribution in [-0.4, -0.2) is 18.6 Å². The molecule has 2 N–H and O–H groups in total. The summed E-state index contributed by atoms with van der Waals surface area (Å²) in [6, 6.07) is 2.05. The molecule has 0 atom stereocenters. The molecule has 90 valence electrons. The van der Waals surface area contributed by atoms with Gasteiger partial charge in [-0.05, 0) is 19.0 Å². The summed E-state index contributed by atoms with van der Waals surface area (Å²) < 4.78 is 0. The Morgan fingerprint density at radius 1 is 1.31 bits per heavy atom. The second-order valence-electron chi connectivity index (χ2n) is 4.13. The van der Waals surface area contributed by atoms with E-state index in [1.54, 1.807) is 0 Å². The molecule has 3 nitrogen and oxygen atoms in total. The molecule has 3 heteroatoms. The lowest BCUT2D eigenvalue weighted by Crippen LogP contribution is -2.15. The zero-order valence-electron chi connectivity index (χ0n) is 10.6. The first-order chi connectivity index (χ1) is 7.81. The molecule has 0 aromatic carbocycles. The van der Waals surface area contributed by atoms with Gasteiger partial charge in [0, 0.05) is 36.7 Å². The van der Waals surface area contributed by atoms with Gasteiger partial charge < -0.3 is 10.6 Å². The first-order valence-electron chi connectivity index (χ1n) is 6.13. The lowest BCUT2D eigenvalue weighted by molar-refractivity contribution is 0.519. The number of hydrogen-bond acceptors (Lipinski definition) is 3. The second-order valence-corrected chi connectivity index (χ2v) is 4.13. The number of rotatable bonds is 7. The van der Waals surface area contributed by atoms with E-state index in [9.17, 15) is 0 Å². The fourth-order valence-electron chi connectivity index (χ4n) is 1.76. The largest absolute Gasteiger partial charge is 0.384 e. The van der Waals surface area contributed by atoms with Crippen LogP contribution in [0.25, 0.3) is 0 Å². The number of anilines is 1. The Balaban J connectivity index is 2.58. The highest BCUT2D eigenvalue weighted by atomic mass is 14.9. The van der Waals surface area contributed by atoms with E-state index < -0.39 is 0 Å². The van der Waals surface area contributed by atoms with Crippen molar-refractivity contribution in [3.63, 3.8) is 0 Å². The molecule has 0 amide bonds. The first-order valence-corrected chi connectivity index (χ1v) is 6.13. The van der Waals surface area contributed by atoms with E-state index >= 15 is 0 Å². The van der Waals surface area contributed by atoms with Gasteiger partial charge in [-0.15, -0.1) is 0 Å². The van der Waals surface area contributed by atoms with Crippen molar-refractivity contribution < 1.29 is 0 Å². The fraction of sp³-hybridized carbons (Fsp3) is 0.615. The third-order valence-corrected chi connectivity index (χ3v) is 3.01. The minimum absolute atomic E-state index is 0.760. The minimum Gasteiger partial charge on any atom is -0.384 e. The lowest BCUT2D eigenvalue weighted by Gasteiger charge is -2.16. The Hall–Kier alpha value is -1.09. The molecule has 0 spiro atoms. The molecule has 0 saturated heterocycles. The maximum absolute atomic E-state index is 4.15. The third kappa shape index (κ3) is 3.81. The summed E-state index contributed by atoms with van der Waals surface area (Å²) in [5.74, 6) is 0.760. The Kier molecular flexibility index (Phi) is 5.86. The van der Waals surface area contributed by atoms with Gasteiger partial charge in [-0.25, -0.2) is 0 Å². The molecule has 16 heavy (non-hydrogen) atoms. The van der Waals surface area contributed by atoms with E-state index in [0.29, 0.717) is 0 Å². The molecule has 0 fully saturated rings. The van der Waals surface area contributed by atoms with Crippen molar-refractivity contribution >= 4 is 5.69 Å². The van der Waals surface area contributed by atoms with E-state index in [2.05, 4.69) is 35.5 Å². The predicted octanol–water partition coefficient (Wildman–Crippen LogP) is 2.65. The number of nitrogens with zero attached hydrogens (tertiary/aromatic N) is 1. The maximum Gasteiger partial charge on any atom is 0.0416 e. The van der Waals surface area contributed by atoms with E-state index in [-0.39, 0.29) is 0 Å². The van der Waals surface area contributed by atoms with Crippen LogP contribution in [0.3, 0.4) is 0 Å². The summed E-state index contributed by atoms with van der Waals surface area (Å²) in [5, 5.41) is 6.68. The molecular formula is C13H23N3. The van der Waals surface area contributed by atoms with Gasteiger partial charge in [0.05, 0.1) is 0 Å². The molecule has 0 aliphatic carbocycles. The summed E-state index contributed by atoms with van der Waals surface area (Å²) in [6.07, 6.45) is 6.23. The maximum atomic E-state index is 4.15. The van der Waals surface area contributed by atoms with Crippen LogP contribution in [0.1, 0.15) is 32.3 Å². The smallest absolute Gasteiger partial charge is 0.0416 e. The normalized spacial score (nSPS) is 10.8. The van der Waals surface area contributed by atoms with Gasteiger partial charge in [-0.1, -0.05) is 26.7 Å². The standard InChI is InChI=1S/C13H23N3/c1-4-11(5-2)8-16-13-6-7-15-10-12(13)9-14-3/h6-7,10-11,14H,4-5,8-9H2,1-3H3,(H,15,16). The Morgan fingerprint density at radius 2 is 2.06 bits per heavy atom. The van der Waals surface area contributed by atoms with Crippen LogP contribution >= 0.6 is 0 Å². The van der Waals surface area contributed by atoms with Crippen molar-refractivity contribution in [2.75, 3.05) is 18.9 Å². The van der Waals surface area contributed by atoms with Crippen molar-refractivity contribution in [2.45, 2.75) is 33.2 Å². The van der Waals surface area contributed by atoms with Crippen molar-refractivity contribution in [2.24, 2.45) is 5.92 Å². The SMILES string of the molecule is CCC(CC)CNc1ccncc1CNC. The fourth-order valence-corrected chi connectivity index (χ4v) is 1.76. The van der Waals surface area contributed by atoms with Gasteiger partial charge in [-0.3, -0.25) is 4.98 Å². The summed E-state index contributed by atoms with van der Waals surface area (Å²) in [7, 11) is 1.96. The average molecular weight is 221 g/mol. The minimum atomic E-state index is 0.760. The van der Waals surface area contributed by atoms with Crippen LogP contribution in [-0.2, 0) is 6.54 Å². The van der Waals surface area contributed by atoms with Gasteiger partial charge in [0.15, 0.2) is 0 Å². The molecular weight excluding hydrogens is 198 g/mol. The third-order valence-electron chi connectivity index (χ3n) is 3.01. The van der Waals surface area contributed by atoms with Crippen LogP contribution in [0, 0.1) is 5.92 Å². The molecule has 1 aromatic heterocycles. The van der Waals surface area contributed by atoms with Gasteiger partial charge in [0.25, 0.3) is 0 Å². The molecule has 0 aliphatic rings. The number of hydrogen-bond donors (Lipinski definition) is 2. The molecule has 1 aromatic rings. The predicted molar refractivity (Wildman–Crippen MR) is 69.6 cm³/mol. The highest BCUT2D eigenvalue weighted by Gasteiger charge is 2.05. The first kappa shape index (κ1) is 13.0. The van der Waals surface area contributed by atoms with Crippen LogP contribution in [0.15, 0.2) is 18.5 Å². The lowest BCUT2D eigenvalue weighted by atomic mass is 10.0. The van der Waals surface area contributed by atoms with E-state index in [1.165, 1.54) is 24.1 Å². The highest BCUT2D eigenvalue weighted by molar-refractivity contribution is 5.49. The number of nitrogens with one attached hydrogen (secondary N) is 2. The molecule has 0 radical (unpaired) electrons. The van der Waals surface area contributed by atoms with E-state index in [1.807, 2.05) is 19.4 Å². The summed E-state index contributed by atoms with van der Waals surface area (Å²) in [6.45, 7) is 6.40. The summed E-state index contributed by atoms with van der Waals surface area (Å²) in [5.41, 5.74) is 2.44. The monoisotopic (exact) mass is 221 g/mol. The highest BCUT2D eigenvalue weighted by Crippen LogP contribution is 2.15. The molecule has 1 heterocycles. The van der Waals surface area contributed by atoms with Gasteiger partial charge in [0.1, 0.15) is 0 Å². The van der Waals surface area contributed by atoms with Crippen LogP contribution in [0.2, 0.25) is 0 Å². The average Bonchev–Trinajstić information content (AvgIpc) is 2.33. The topological polar surface area (TPSA) is 37.0 Å².